The van der Waals surface area contributed by atoms with Crippen LogP contribution < -0.4 is 5.32 Å². The van der Waals surface area contributed by atoms with Crippen molar-refractivity contribution in [2.45, 2.75) is 20.3 Å². The average Bonchev–Trinajstić information content (AvgIpc) is 1.97. The molecule has 0 unspecified atom stereocenters. The topological polar surface area (TPSA) is 15.3 Å². The standard InChI is InChI=1S/C8H18N2S/c1-4-6-10(8(2)11)7-5-9-3/h9H,4-7H2,1-3H3. The third-order valence-electron chi connectivity index (χ3n) is 1.57. The highest BCUT2D eigenvalue weighted by atomic mass is 32.1. The SMILES string of the molecule is CCCN(CCNC)C(C)=S. The first-order valence-corrected chi connectivity index (χ1v) is 4.53. The molecule has 0 aliphatic heterocycles. The molecule has 0 aromatic rings. The van der Waals surface area contributed by atoms with Gasteiger partial charge in [-0.3, -0.25) is 0 Å². The first-order valence-electron chi connectivity index (χ1n) is 4.12. The van der Waals surface area contributed by atoms with Crippen LogP contribution in [0.4, 0.5) is 0 Å². The Morgan fingerprint density at radius 3 is 2.45 bits per heavy atom. The fourth-order valence-corrected chi connectivity index (χ4v) is 1.13. The molecule has 1 N–H and O–H groups in total. The molecule has 0 aromatic carbocycles. The molecule has 0 atom stereocenters. The summed E-state index contributed by atoms with van der Waals surface area (Å²) in [6.45, 7) is 7.27. The first kappa shape index (κ1) is 10.8. The van der Waals surface area contributed by atoms with Crippen molar-refractivity contribution < 1.29 is 0 Å². The van der Waals surface area contributed by atoms with Crippen LogP contribution in [0.1, 0.15) is 20.3 Å². The lowest BCUT2D eigenvalue weighted by molar-refractivity contribution is 0.420. The minimum absolute atomic E-state index is 1.00. The van der Waals surface area contributed by atoms with E-state index in [-0.39, 0.29) is 0 Å². The molecule has 3 heteroatoms. The van der Waals surface area contributed by atoms with Gasteiger partial charge < -0.3 is 10.2 Å². The first-order chi connectivity index (χ1) is 5.22. The zero-order chi connectivity index (χ0) is 8.69. The van der Waals surface area contributed by atoms with Crippen LogP contribution in [0, 0.1) is 0 Å². The summed E-state index contributed by atoms with van der Waals surface area (Å²) in [4.78, 5) is 3.23. The molecule has 11 heavy (non-hydrogen) atoms. The van der Waals surface area contributed by atoms with E-state index >= 15 is 0 Å². The van der Waals surface area contributed by atoms with Crippen LogP contribution in [-0.4, -0.2) is 36.6 Å². The van der Waals surface area contributed by atoms with Crippen LogP contribution in [-0.2, 0) is 0 Å². The summed E-state index contributed by atoms with van der Waals surface area (Å²) in [6, 6.07) is 0. The van der Waals surface area contributed by atoms with Crippen molar-refractivity contribution in [3.8, 4) is 0 Å². The maximum Gasteiger partial charge on any atom is 0.0748 e. The van der Waals surface area contributed by atoms with Crippen LogP contribution in [0.2, 0.25) is 0 Å². The Morgan fingerprint density at radius 2 is 2.09 bits per heavy atom. The van der Waals surface area contributed by atoms with Crippen molar-refractivity contribution in [1.82, 2.24) is 10.2 Å². The Hall–Kier alpha value is -0.150. The normalized spacial score (nSPS) is 9.73. The van der Waals surface area contributed by atoms with Crippen molar-refractivity contribution in [3.05, 3.63) is 0 Å². The van der Waals surface area contributed by atoms with E-state index in [4.69, 9.17) is 12.2 Å². The Bertz CT molecular complexity index is 115. The molecule has 0 aromatic heterocycles. The molecule has 0 amide bonds. The van der Waals surface area contributed by atoms with Gasteiger partial charge in [0, 0.05) is 19.6 Å². The van der Waals surface area contributed by atoms with E-state index in [1.54, 1.807) is 0 Å². The van der Waals surface area contributed by atoms with Crippen LogP contribution in [0.15, 0.2) is 0 Å². The highest BCUT2D eigenvalue weighted by Crippen LogP contribution is 1.92. The molecular weight excluding hydrogens is 156 g/mol. The molecular formula is C8H18N2S. The van der Waals surface area contributed by atoms with Gasteiger partial charge in [-0.15, -0.1) is 0 Å². The van der Waals surface area contributed by atoms with E-state index in [2.05, 4.69) is 17.1 Å². The summed E-state index contributed by atoms with van der Waals surface area (Å²) in [7, 11) is 1.96. The molecule has 0 aliphatic rings. The van der Waals surface area contributed by atoms with Crippen LogP contribution in [0.5, 0.6) is 0 Å². The Balaban J connectivity index is 3.60. The minimum Gasteiger partial charge on any atom is -0.365 e. The van der Waals surface area contributed by atoms with Gasteiger partial charge in [0.1, 0.15) is 0 Å². The van der Waals surface area contributed by atoms with Gasteiger partial charge in [-0.1, -0.05) is 19.1 Å². The van der Waals surface area contributed by atoms with Crippen molar-refractivity contribution >= 4 is 17.2 Å². The summed E-state index contributed by atoms with van der Waals surface area (Å²) in [5.74, 6) is 0. The number of nitrogens with zero attached hydrogens (tertiary/aromatic N) is 1. The molecule has 0 bridgehead atoms. The predicted molar refractivity (Wildman–Crippen MR) is 54.1 cm³/mol. The number of nitrogens with one attached hydrogen (secondary N) is 1. The summed E-state index contributed by atoms with van der Waals surface area (Å²) in [6.07, 6.45) is 1.16. The summed E-state index contributed by atoms with van der Waals surface area (Å²) in [5.41, 5.74) is 0. The highest BCUT2D eigenvalue weighted by Gasteiger charge is 2.01. The molecule has 0 rings (SSSR count). The van der Waals surface area contributed by atoms with Crippen molar-refractivity contribution in [2.24, 2.45) is 0 Å². The van der Waals surface area contributed by atoms with E-state index < -0.39 is 0 Å². The van der Waals surface area contributed by atoms with Crippen LogP contribution in [0.3, 0.4) is 0 Å². The zero-order valence-electron chi connectivity index (χ0n) is 7.68. The fraction of sp³-hybridized carbons (Fsp3) is 0.875. The summed E-state index contributed by atoms with van der Waals surface area (Å²) in [5, 5.41) is 3.11. The van der Waals surface area contributed by atoms with E-state index in [9.17, 15) is 0 Å². The van der Waals surface area contributed by atoms with Crippen LogP contribution in [0.25, 0.3) is 0 Å². The number of thiocarbonyl (C=S) groups is 1. The average molecular weight is 174 g/mol. The van der Waals surface area contributed by atoms with Crippen LogP contribution >= 0.6 is 12.2 Å². The molecule has 2 nitrogen and oxygen atoms in total. The smallest absolute Gasteiger partial charge is 0.0748 e. The maximum absolute atomic E-state index is 5.09. The lowest BCUT2D eigenvalue weighted by atomic mass is 10.4. The van der Waals surface area contributed by atoms with E-state index in [1.807, 2.05) is 14.0 Å². The third kappa shape index (κ3) is 5.16. The maximum atomic E-state index is 5.09. The Labute approximate surface area is 75.0 Å². The molecule has 0 aliphatic carbocycles. The minimum atomic E-state index is 1.00. The van der Waals surface area contributed by atoms with Gasteiger partial charge in [-0.2, -0.15) is 0 Å². The van der Waals surface area contributed by atoms with Gasteiger partial charge >= 0.3 is 0 Å². The van der Waals surface area contributed by atoms with Gasteiger partial charge in [-0.05, 0) is 20.4 Å². The van der Waals surface area contributed by atoms with E-state index in [0.29, 0.717) is 0 Å². The second kappa shape index (κ2) is 6.55. The van der Waals surface area contributed by atoms with Crippen molar-refractivity contribution in [2.75, 3.05) is 26.7 Å². The van der Waals surface area contributed by atoms with Gasteiger partial charge in [-0.25, -0.2) is 0 Å². The Morgan fingerprint density at radius 1 is 1.45 bits per heavy atom. The van der Waals surface area contributed by atoms with Gasteiger partial charge in [0.05, 0.1) is 4.99 Å². The second-order valence-electron chi connectivity index (χ2n) is 2.61. The summed E-state index contributed by atoms with van der Waals surface area (Å²) >= 11 is 5.09. The largest absolute Gasteiger partial charge is 0.365 e. The predicted octanol–water partition coefficient (Wildman–Crippen LogP) is 1.27. The second-order valence-corrected chi connectivity index (χ2v) is 3.20. The molecule has 0 saturated heterocycles. The highest BCUT2D eigenvalue weighted by molar-refractivity contribution is 7.80. The fourth-order valence-electron chi connectivity index (χ4n) is 0.943. The number of hydrogen-bond acceptors (Lipinski definition) is 2. The lowest BCUT2D eigenvalue weighted by Gasteiger charge is -2.22. The molecule has 0 spiro atoms. The van der Waals surface area contributed by atoms with Crippen molar-refractivity contribution in [3.63, 3.8) is 0 Å². The number of hydrogen-bond donors (Lipinski definition) is 1. The molecule has 0 radical (unpaired) electrons. The monoisotopic (exact) mass is 174 g/mol. The third-order valence-corrected chi connectivity index (χ3v) is 1.83. The molecule has 66 valence electrons. The van der Waals surface area contributed by atoms with E-state index in [1.165, 1.54) is 0 Å². The van der Waals surface area contributed by atoms with E-state index in [0.717, 1.165) is 31.0 Å². The molecule has 0 fully saturated rings. The zero-order valence-corrected chi connectivity index (χ0v) is 8.50. The van der Waals surface area contributed by atoms with Gasteiger partial charge in [0.2, 0.25) is 0 Å². The Kier molecular flexibility index (Phi) is 6.46. The number of likely N-dealkylation sites (N-methyl/N-ethyl adjacent to an activating group) is 1. The summed E-state index contributed by atoms with van der Waals surface area (Å²) < 4.78 is 0. The van der Waals surface area contributed by atoms with Crippen molar-refractivity contribution in [1.29, 1.82) is 0 Å². The van der Waals surface area contributed by atoms with Gasteiger partial charge in [0.25, 0.3) is 0 Å². The number of rotatable bonds is 5. The van der Waals surface area contributed by atoms with Gasteiger partial charge in [0.15, 0.2) is 0 Å². The lowest BCUT2D eigenvalue weighted by Crippen LogP contribution is -2.34. The molecule has 0 heterocycles. The molecule has 0 saturated carbocycles. The quantitative estimate of drug-likeness (QED) is 0.632.